The third kappa shape index (κ3) is 2.79. The van der Waals surface area contributed by atoms with E-state index in [2.05, 4.69) is 63.8 Å². The molecule has 0 spiro atoms. The van der Waals surface area contributed by atoms with E-state index in [4.69, 9.17) is 4.42 Å². The maximum absolute atomic E-state index is 6.12. The second-order valence-electron chi connectivity index (χ2n) is 5.38. The minimum atomic E-state index is 0.892. The molecule has 0 amide bonds. The van der Waals surface area contributed by atoms with E-state index in [-0.39, 0.29) is 0 Å². The van der Waals surface area contributed by atoms with E-state index < -0.39 is 0 Å². The molecule has 2 nitrogen and oxygen atoms in total. The van der Waals surface area contributed by atoms with E-state index in [9.17, 15) is 0 Å². The smallest absolute Gasteiger partial charge is 0.203 e. The van der Waals surface area contributed by atoms with Gasteiger partial charge in [-0.05, 0) is 36.8 Å². The Hall–Kier alpha value is -1.87. The van der Waals surface area contributed by atoms with Gasteiger partial charge in [-0.25, -0.2) is 4.58 Å². The summed E-state index contributed by atoms with van der Waals surface area (Å²) in [4.78, 5) is 0. The Bertz CT molecular complexity index is 827. The van der Waals surface area contributed by atoms with Crippen molar-refractivity contribution >= 4 is 15.9 Å². The predicted octanol–water partition coefficient (Wildman–Crippen LogP) is 4.15. The summed E-state index contributed by atoms with van der Waals surface area (Å²) in [6.45, 7) is 2.12. The Labute approximate surface area is 132 Å². The quantitative estimate of drug-likeness (QED) is 0.606. The fourth-order valence-electron chi connectivity index (χ4n) is 2.38. The summed E-state index contributed by atoms with van der Waals surface area (Å²) in [5.74, 6) is 1.81. The Morgan fingerprint density at radius 1 is 0.905 bits per heavy atom. The van der Waals surface area contributed by atoms with Crippen LogP contribution in [0.4, 0.5) is 0 Å². The number of halogens is 1. The third-order valence-corrected chi connectivity index (χ3v) is 4.13. The standard InChI is InChI=1S/C18H17BrNO/c1-12-10-17(13-4-6-14(19)7-5-13)21-18-11-15(20(2)3)8-9-16(12)18/h4-11H,1-3H3/q+1. The Kier molecular flexibility index (Phi) is 3.68. The van der Waals surface area contributed by atoms with Gasteiger partial charge in [-0.3, -0.25) is 0 Å². The molecule has 2 aliphatic rings. The van der Waals surface area contributed by atoms with Gasteiger partial charge in [-0.15, -0.1) is 0 Å². The van der Waals surface area contributed by atoms with E-state index in [1.165, 1.54) is 5.56 Å². The number of fused-ring (bicyclic) bond motifs is 1. The molecule has 1 aliphatic heterocycles. The van der Waals surface area contributed by atoms with Crippen LogP contribution in [0.3, 0.4) is 0 Å². The lowest BCUT2D eigenvalue weighted by Gasteiger charge is -2.11. The van der Waals surface area contributed by atoms with Crippen LogP contribution in [0.5, 0.6) is 0 Å². The third-order valence-electron chi connectivity index (χ3n) is 3.60. The van der Waals surface area contributed by atoms with Crippen molar-refractivity contribution in [3.8, 4) is 22.6 Å². The zero-order valence-corrected chi connectivity index (χ0v) is 13.9. The normalized spacial score (nSPS) is 10.9. The van der Waals surface area contributed by atoms with Gasteiger partial charge in [0.1, 0.15) is 25.6 Å². The molecule has 0 fully saturated rings. The van der Waals surface area contributed by atoms with Gasteiger partial charge >= 0.3 is 0 Å². The second-order valence-corrected chi connectivity index (χ2v) is 6.29. The van der Waals surface area contributed by atoms with Gasteiger partial charge in [-0.1, -0.05) is 28.1 Å². The van der Waals surface area contributed by atoms with Crippen molar-refractivity contribution in [1.29, 1.82) is 0 Å². The summed E-state index contributed by atoms with van der Waals surface area (Å²) in [6.07, 6.45) is 0. The number of benzene rings is 2. The number of hydrogen-bond donors (Lipinski definition) is 0. The van der Waals surface area contributed by atoms with Crippen molar-refractivity contribution in [3.05, 3.63) is 63.9 Å². The van der Waals surface area contributed by atoms with Crippen molar-refractivity contribution in [2.24, 2.45) is 0 Å². The lowest BCUT2D eigenvalue weighted by atomic mass is 10.0. The zero-order valence-electron chi connectivity index (χ0n) is 12.4. The Morgan fingerprint density at radius 2 is 1.62 bits per heavy atom. The van der Waals surface area contributed by atoms with Gasteiger partial charge in [-0.2, -0.15) is 0 Å². The van der Waals surface area contributed by atoms with Crippen LogP contribution in [0.15, 0.2) is 57.4 Å². The fraction of sp³-hybridized carbons (Fsp3) is 0.167. The summed E-state index contributed by atoms with van der Waals surface area (Å²) in [5, 5.41) is 1.14. The Morgan fingerprint density at radius 3 is 2.29 bits per heavy atom. The fourth-order valence-corrected chi connectivity index (χ4v) is 2.64. The molecular formula is C18H17BrNO+. The highest BCUT2D eigenvalue weighted by Crippen LogP contribution is 2.31. The van der Waals surface area contributed by atoms with Crippen LogP contribution < -0.4 is 9.93 Å². The first-order chi connectivity index (χ1) is 10.0. The molecule has 0 atom stereocenters. The van der Waals surface area contributed by atoms with Crippen molar-refractivity contribution in [3.63, 3.8) is 0 Å². The first kappa shape index (κ1) is 14.1. The second kappa shape index (κ2) is 5.49. The predicted molar refractivity (Wildman–Crippen MR) is 90.3 cm³/mol. The molecule has 1 aliphatic carbocycles. The van der Waals surface area contributed by atoms with E-state index in [1.807, 2.05) is 26.2 Å². The molecule has 0 saturated heterocycles. The van der Waals surface area contributed by atoms with Crippen LogP contribution in [-0.4, -0.2) is 14.1 Å². The molecule has 1 heterocycles. The number of aryl methyl sites for hydroxylation is 1. The average molecular weight is 343 g/mol. The zero-order chi connectivity index (χ0) is 15.0. The van der Waals surface area contributed by atoms with E-state index in [1.54, 1.807) is 0 Å². The van der Waals surface area contributed by atoms with Gasteiger partial charge < -0.3 is 4.42 Å². The molecule has 0 radical (unpaired) electrons. The molecule has 0 aromatic heterocycles. The van der Waals surface area contributed by atoms with Gasteiger partial charge in [0, 0.05) is 21.7 Å². The SMILES string of the molecule is Cc1cc(-c2ccc(Br)cc2)oc2cc(=[N+](C)C)ccc1-2. The van der Waals surface area contributed by atoms with Crippen LogP contribution in [0.1, 0.15) is 5.56 Å². The van der Waals surface area contributed by atoms with E-state index >= 15 is 0 Å². The molecule has 1 aromatic carbocycles. The summed E-state index contributed by atoms with van der Waals surface area (Å²) >= 11 is 3.46. The molecule has 106 valence electrons. The van der Waals surface area contributed by atoms with Crippen molar-refractivity contribution in [2.45, 2.75) is 6.92 Å². The first-order valence-corrected chi connectivity index (χ1v) is 7.65. The van der Waals surface area contributed by atoms with Gasteiger partial charge in [0.05, 0.1) is 6.07 Å². The Balaban J connectivity index is 2.24. The lowest BCUT2D eigenvalue weighted by molar-refractivity contribution is 0.577. The number of hydrogen-bond acceptors (Lipinski definition) is 1. The van der Waals surface area contributed by atoms with Gasteiger partial charge in [0.25, 0.3) is 0 Å². The summed E-state index contributed by atoms with van der Waals surface area (Å²) in [6, 6.07) is 16.6. The summed E-state index contributed by atoms with van der Waals surface area (Å²) in [5.41, 5.74) is 3.46. The number of nitrogens with zero attached hydrogens (tertiary/aromatic N) is 1. The monoisotopic (exact) mass is 342 g/mol. The lowest BCUT2D eigenvalue weighted by Crippen LogP contribution is -2.21. The maximum atomic E-state index is 6.12. The van der Waals surface area contributed by atoms with E-state index in [0.717, 1.165) is 32.5 Å². The molecule has 3 rings (SSSR count). The molecule has 21 heavy (non-hydrogen) atoms. The van der Waals surface area contributed by atoms with Gasteiger partial charge in [0.15, 0.2) is 0 Å². The first-order valence-electron chi connectivity index (χ1n) is 6.85. The van der Waals surface area contributed by atoms with Crippen molar-refractivity contribution < 1.29 is 4.42 Å². The summed E-state index contributed by atoms with van der Waals surface area (Å²) < 4.78 is 9.27. The average Bonchev–Trinajstić information content (AvgIpc) is 2.47. The highest BCUT2D eigenvalue weighted by molar-refractivity contribution is 9.10. The largest absolute Gasteiger partial charge is 0.456 e. The van der Waals surface area contributed by atoms with Crippen LogP contribution >= 0.6 is 15.9 Å². The summed E-state index contributed by atoms with van der Waals surface area (Å²) in [7, 11) is 4.07. The number of rotatable bonds is 1. The van der Waals surface area contributed by atoms with Crippen molar-refractivity contribution in [1.82, 2.24) is 4.58 Å². The maximum Gasteiger partial charge on any atom is 0.203 e. The molecule has 0 unspecified atom stereocenters. The van der Waals surface area contributed by atoms with Crippen LogP contribution in [-0.2, 0) is 0 Å². The highest BCUT2D eigenvalue weighted by atomic mass is 79.9. The van der Waals surface area contributed by atoms with Crippen molar-refractivity contribution in [2.75, 3.05) is 14.1 Å². The van der Waals surface area contributed by atoms with E-state index in [0.29, 0.717) is 0 Å². The topological polar surface area (TPSA) is 16.1 Å². The highest BCUT2D eigenvalue weighted by Gasteiger charge is 2.12. The molecule has 0 saturated carbocycles. The molecule has 0 bridgehead atoms. The minimum Gasteiger partial charge on any atom is -0.456 e. The molecule has 1 aromatic rings. The molecular weight excluding hydrogens is 326 g/mol. The van der Waals surface area contributed by atoms with Crippen LogP contribution in [0, 0.1) is 6.92 Å². The molecule has 3 heteroatoms. The van der Waals surface area contributed by atoms with Crippen LogP contribution in [0.25, 0.3) is 22.6 Å². The van der Waals surface area contributed by atoms with Crippen LogP contribution in [0.2, 0.25) is 0 Å². The minimum absolute atomic E-state index is 0.892. The van der Waals surface area contributed by atoms with Gasteiger partial charge in [0.2, 0.25) is 5.36 Å². The molecule has 0 N–H and O–H groups in total.